The van der Waals surface area contributed by atoms with Crippen molar-refractivity contribution < 1.29 is 4.79 Å². The number of fused-ring (bicyclic) bond motifs is 5. The van der Waals surface area contributed by atoms with Crippen LogP contribution in [0.4, 0.5) is 0 Å². The van der Waals surface area contributed by atoms with Crippen molar-refractivity contribution in [2.45, 2.75) is 71.1 Å². The van der Waals surface area contributed by atoms with Gasteiger partial charge >= 0.3 is 0 Å². The Hall–Kier alpha value is -1.71. The second kappa shape index (κ2) is 9.86. The van der Waals surface area contributed by atoms with Crippen LogP contribution in [0.25, 0.3) is 29.6 Å². The van der Waals surface area contributed by atoms with Crippen LogP contribution >= 0.6 is 22.7 Å². The van der Waals surface area contributed by atoms with Crippen LogP contribution in [0.1, 0.15) is 81.5 Å². The van der Waals surface area contributed by atoms with E-state index in [1.807, 2.05) is 28.7 Å². The summed E-state index contributed by atoms with van der Waals surface area (Å²) < 4.78 is 5.32. The molecule has 2 aromatic carbocycles. The molecule has 29 heavy (non-hydrogen) atoms. The number of hydrogen-bond acceptors (Lipinski definition) is 3. The number of benzene rings is 2. The number of ketones is 1. The molecular weight excluding hydrogens is 392 g/mol. The Balaban J connectivity index is 1.33. The molecule has 0 unspecified atom stereocenters. The highest BCUT2D eigenvalue weighted by atomic mass is 32.1. The maximum absolute atomic E-state index is 12.7. The molecule has 0 spiro atoms. The molecule has 4 rings (SSSR count). The molecule has 0 saturated heterocycles. The fraction of sp³-hybridized carbons (Fsp3) is 0.423. The zero-order valence-corrected chi connectivity index (χ0v) is 19.0. The van der Waals surface area contributed by atoms with E-state index in [0.717, 1.165) is 12.0 Å². The number of rotatable bonds is 11. The molecule has 2 aromatic heterocycles. The monoisotopic (exact) mass is 422 g/mol. The number of unbranched alkanes of at least 4 members (excludes halogenated alkanes) is 8. The second-order valence-corrected chi connectivity index (χ2v) is 10.2. The molecule has 4 aromatic rings. The third-order valence-corrected chi connectivity index (χ3v) is 8.34. The van der Waals surface area contributed by atoms with Gasteiger partial charge in [0.1, 0.15) is 0 Å². The van der Waals surface area contributed by atoms with Gasteiger partial charge in [-0.2, -0.15) is 0 Å². The van der Waals surface area contributed by atoms with Crippen molar-refractivity contribution in [1.29, 1.82) is 0 Å². The van der Waals surface area contributed by atoms with Crippen molar-refractivity contribution in [1.82, 2.24) is 0 Å². The molecule has 0 aliphatic heterocycles. The van der Waals surface area contributed by atoms with E-state index in [0.29, 0.717) is 12.2 Å². The molecular formula is C26H30OS2. The number of hydrogen-bond donors (Lipinski definition) is 0. The lowest BCUT2D eigenvalue weighted by Crippen LogP contribution is -1.98. The molecule has 2 heterocycles. The first kappa shape index (κ1) is 20.6. The first-order valence-electron chi connectivity index (χ1n) is 11.1. The molecule has 152 valence electrons. The molecule has 0 N–H and O–H groups in total. The molecule has 0 bridgehead atoms. The lowest BCUT2D eigenvalue weighted by molar-refractivity contribution is 0.0979. The van der Waals surface area contributed by atoms with Crippen LogP contribution in [-0.4, -0.2) is 5.78 Å². The van der Waals surface area contributed by atoms with E-state index in [1.54, 1.807) is 0 Å². The zero-order valence-electron chi connectivity index (χ0n) is 17.3. The van der Waals surface area contributed by atoms with Crippen molar-refractivity contribution in [2.24, 2.45) is 0 Å². The van der Waals surface area contributed by atoms with Gasteiger partial charge in [0.15, 0.2) is 5.78 Å². The van der Waals surface area contributed by atoms with E-state index in [1.165, 1.54) is 80.9 Å². The summed E-state index contributed by atoms with van der Waals surface area (Å²) in [5.41, 5.74) is 0.885. The average molecular weight is 423 g/mol. The maximum atomic E-state index is 12.7. The van der Waals surface area contributed by atoms with Crippen LogP contribution in [0.15, 0.2) is 42.5 Å². The van der Waals surface area contributed by atoms with Crippen molar-refractivity contribution in [3.05, 3.63) is 48.0 Å². The van der Waals surface area contributed by atoms with Crippen LogP contribution in [0.2, 0.25) is 0 Å². The summed E-state index contributed by atoms with van der Waals surface area (Å²) in [7, 11) is 0. The molecule has 0 aliphatic carbocycles. The highest BCUT2D eigenvalue weighted by Gasteiger charge is 2.13. The predicted molar refractivity (Wildman–Crippen MR) is 131 cm³/mol. The van der Waals surface area contributed by atoms with Crippen molar-refractivity contribution in [2.75, 3.05) is 0 Å². The Labute approximate surface area is 181 Å². The highest BCUT2D eigenvalue weighted by molar-refractivity contribution is 7.36. The Morgan fingerprint density at radius 1 is 0.724 bits per heavy atom. The number of Topliss-reactive ketones (excluding diaryl/α,β-unsaturated/α-hetero) is 1. The largest absolute Gasteiger partial charge is 0.294 e. The fourth-order valence-corrected chi connectivity index (χ4v) is 6.81. The quantitative estimate of drug-likeness (QED) is 0.174. The van der Waals surface area contributed by atoms with Crippen LogP contribution < -0.4 is 0 Å². The van der Waals surface area contributed by atoms with Gasteiger partial charge in [-0.05, 0) is 18.6 Å². The van der Waals surface area contributed by atoms with Gasteiger partial charge in [0.05, 0.1) is 9.40 Å². The van der Waals surface area contributed by atoms with Gasteiger partial charge in [0, 0.05) is 32.2 Å². The molecule has 0 fully saturated rings. The molecule has 0 saturated carbocycles. The summed E-state index contributed by atoms with van der Waals surface area (Å²) in [5.74, 6) is 0.302. The van der Waals surface area contributed by atoms with Gasteiger partial charge in [0.25, 0.3) is 0 Å². The standard InChI is InChI=1S/C26H30OS2/c1-2-3-4-5-6-7-8-9-10-14-22(27)19-16-17-21-24(18-19)29-25-20-13-11-12-15-23(20)28-26(21)25/h11-13,15-18H,2-10,14H2,1H3. The lowest BCUT2D eigenvalue weighted by Gasteiger charge is -2.03. The van der Waals surface area contributed by atoms with Crippen LogP contribution in [0.3, 0.4) is 0 Å². The molecule has 3 heteroatoms. The zero-order chi connectivity index (χ0) is 20.1. The first-order valence-corrected chi connectivity index (χ1v) is 12.8. The van der Waals surface area contributed by atoms with Crippen molar-refractivity contribution in [3.63, 3.8) is 0 Å². The highest BCUT2D eigenvalue weighted by Crippen LogP contribution is 2.44. The van der Waals surface area contributed by atoms with Gasteiger partial charge < -0.3 is 0 Å². The summed E-state index contributed by atoms with van der Waals surface area (Å²) in [6, 6.07) is 14.9. The number of thiophene rings is 2. The minimum absolute atomic E-state index is 0.302. The first-order chi connectivity index (χ1) is 14.3. The normalized spacial score (nSPS) is 11.8. The van der Waals surface area contributed by atoms with E-state index >= 15 is 0 Å². The molecule has 0 aliphatic rings. The van der Waals surface area contributed by atoms with Crippen molar-refractivity contribution >= 4 is 58.0 Å². The number of carbonyl (C=O) groups excluding carboxylic acids is 1. The van der Waals surface area contributed by atoms with E-state index in [-0.39, 0.29) is 0 Å². The minimum Gasteiger partial charge on any atom is -0.294 e. The van der Waals surface area contributed by atoms with E-state index in [9.17, 15) is 4.79 Å². The molecule has 0 amide bonds. The van der Waals surface area contributed by atoms with Crippen LogP contribution in [0.5, 0.6) is 0 Å². The molecule has 0 atom stereocenters. The van der Waals surface area contributed by atoms with Gasteiger partial charge in [-0.25, -0.2) is 0 Å². The SMILES string of the molecule is CCCCCCCCCCCC(=O)c1ccc2c(c1)sc1c3ccccc3sc21. The lowest BCUT2D eigenvalue weighted by atomic mass is 10.0. The minimum atomic E-state index is 0.302. The van der Waals surface area contributed by atoms with Crippen LogP contribution in [-0.2, 0) is 0 Å². The van der Waals surface area contributed by atoms with Gasteiger partial charge in [0.2, 0.25) is 0 Å². The summed E-state index contributed by atoms with van der Waals surface area (Å²) in [5, 5.41) is 2.64. The van der Waals surface area contributed by atoms with Gasteiger partial charge in [-0.3, -0.25) is 4.79 Å². The van der Waals surface area contributed by atoms with Gasteiger partial charge in [-0.15, -0.1) is 22.7 Å². The summed E-state index contributed by atoms with van der Waals surface area (Å²) in [6.07, 6.45) is 12.3. The topological polar surface area (TPSA) is 17.1 Å². The number of carbonyl (C=O) groups is 1. The van der Waals surface area contributed by atoms with Gasteiger partial charge in [-0.1, -0.05) is 88.6 Å². The predicted octanol–water partition coefficient (Wildman–Crippen LogP) is 9.37. The summed E-state index contributed by atoms with van der Waals surface area (Å²) in [6.45, 7) is 2.26. The Bertz CT molecular complexity index is 1100. The van der Waals surface area contributed by atoms with Crippen LogP contribution in [0, 0.1) is 0 Å². The van der Waals surface area contributed by atoms with E-state index in [4.69, 9.17) is 0 Å². The van der Waals surface area contributed by atoms with E-state index in [2.05, 4.69) is 43.3 Å². The average Bonchev–Trinajstić information content (AvgIpc) is 3.28. The van der Waals surface area contributed by atoms with Crippen molar-refractivity contribution in [3.8, 4) is 0 Å². The maximum Gasteiger partial charge on any atom is 0.162 e. The smallest absolute Gasteiger partial charge is 0.162 e. The Morgan fingerprint density at radius 2 is 1.34 bits per heavy atom. The third kappa shape index (κ3) is 4.73. The molecule has 0 radical (unpaired) electrons. The summed E-state index contributed by atoms with van der Waals surface area (Å²) >= 11 is 3.70. The fourth-order valence-electron chi connectivity index (χ4n) is 4.12. The summed E-state index contributed by atoms with van der Waals surface area (Å²) in [4.78, 5) is 12.7. The second-order valence-electron chi connectivity index (χ2n) is 8.07. The Morgan fingerprint density at radius 3 is 2.10 bits per heavy atom. The Kier molecular flexibility index (Phi) is 6.99. The molecule has 1 nitrogen and oxygen atoms in total. The van der Waals surface area contributed by atoms with E-state index < -0.39 is 0 Å². The third-order valence-electron chi connectivity index (χ3n) is 5.82.